The van der Waals surface area contributed by atoms with Gasteiger partial charge >= 0.3 is 0 Å². The van der Waals surface area contributed by atoms with E-state index >= 15 is 0 Å². The molecule has 1 heterocycles. The van der Waals surface area contributed by atoms with Crippen molar-refractivity contribution in [3.63, 3.8) is 0 Å². The number of anilines is 1. The van der Waals surface area contributed by atoms with Crippen molar-refractivity contribution >= 4 is 5.69 Å². The maximum absolute atomic E-state index is 10.3. The number of benzene rings is 1. The molecule has 20 heavy (non-hydrogen) atoms. The normalized spacial score (nSPS) is 16.1. The highest BCUT2D eigenvalue weighted by Crippen LogP contribution is 2.30. The largest absolute Gasteiger partial charge is 0.388 e. The Hall–Kier alpha value is -1.02. The second kappa shape index (κ2) is 7.68. The molecule has 1 unspecified atom stereocenters. The average molecular weight is 275 g/mol. The van der Waals surface area contributed by atoms with Crippen LogP contribution in [-0.4, -0.2) is 18.7 Å². The van der Waals surface area contributed by atoms with E-state index in [2.05, 4.69) is 37.1 Å². The lowest BCUT2D eigenvalue weighted by molar-refractivity contribution is 0.163. The summed E-state index contributed by atoms with van der Waals surface area (Å²) in [4.78, 5) is 2.32. The first kappa shape index (κ1) is 15.4. The van der Waals surface area contributed by atoms with Crippen molar-refractivity contribution in [1.29, 1.82) is 0 Å². The van der Waals surface area contributed by atoms with Crippen molar-refractivity contribution in [2.24, 2.45) is 0 Å². The molecular formula is C18H29NO. The summed E-state index contributed by atoms with van der Waals surface area (Å²) in [5.41, 5.74) is 3.85. The maximum atomic E-state index is 10.3. The van der Waals surface area contributed by atoms with Crippen LogP contribution in [0.15, 0.2) is 18.2 Å². The molecule has 0 saturated carbocycles. The fourth-order valence-electron chi connectivity index (χ4n) is 3.12. The van der Waals surface area contributed by atoms with Crippen molar-refractivity contribution in [2.45, 2.75) is 64.4 Å². The summed E-state index contributed by atoms with van der Waals surface area (Å²) in [5.74, 6) is 0. The minimum Gasteiger partial charge on any atom is -0.388 e. The quantitative estimate of drug-likeness (QED) is 0.742. The first-order chi connectivity index (χ1) is 9.72. The smallest absolute Gasteiger partial charge is 0.0790 e. The van der Waals surface area contributed by atoms with Crippen LogP contribution in [0.25, 0.3) is 0 Å². The monoisotopic (exact) mass is 275 g/mol. The van der Waals surface area contributed by atoms with Crippen LogP contribution in [0.5, 0.6) is 0 Å². The van der Waals surface area contributed by atoms with Crippen molar-refractivity contribution in [3.05, 3.63) is 29.3 Å². The third-order valence-corrected chi connectivity index (χ3v) is 4.42. The standard InChI is InChI=1S/C18H29NO/c1-3-4-5-6-7-10-18(20)16-11-12-17-15(14-16)9-8-13-19(17)2/h11-12,14,18,20H,3-10,13H2,1-2H3. The van der Waals surface area contributed by atoms with Crippen LogP contribution in [0, 0.1) is 0 Å². The number of hydrogen-bond acceptors (Lipinski definition) is 2. The van der Waals surface area contributed by atoms with Crippen LogP contribution in [-0.2, 0) is 6.42 Å². The third-order valence-electron chi connectivity index (χ3n) is 4.42. The molecule has 2 rings (SSSR count). The first-order valence-electron chi connectivity index (χ1n) is 8.24. The van der Waals surface area contributed by atoms with Gasteiger partial charge < -0.3 is 10.0 Å². The summed E-state index contributed by atoms with van der Waals surface area (Å²) < 4.78 is 0. The van der Waals surface area contributed by atoms with E-state index in [1.54, 1.807) is 0 Å². The highest BCUT2D eigenvalue weighted by Gasteiger charge is 2.16. The molecule has 112 valence electrons. The summed E-state index contributed by atoms with van der Waals surface area (Å²) in [5, 5.41) is 10.3. The zero-order valence-electron chi connectivity index (χ0n) is 13.1. The van der Waals surface area contributed by atoms with E-state index in [1.807, 2.05) is 0 Å². The van der Waals surface area contributed by atoms with Gasteiger partial charge in [0.2, 0.25) is 0 Å². The second-order valence-corrected chi connectivity index (χ2v) is 6.13. The Morgan fingerprint density at radius 3 is 2.80 bits per heavy atom. The highest BCUT2D eigenvalue weighted by molar-refractivity contribution is 5.56. The van der Waals surface area contributed by atoms with Gasteiger partial charge in [-0.25, -0.2) is 0 Å². The molecule has 0 saturated heterocycles. The molecule has 1 aliphatic heterocycles. The van der Waals surface area contributed by atoms with E-state index in [4.69, 9.17) is 0 Å². The van der Waals surface area contributed by atoms with Crippen LogP contribution < -0.4 is 4.90 Å². The van der Waals surface area contributed by atoms with Crippen molar-refractivity contribution < 1.29 is 5.11 Å². The van der Waals surface area contributed by atoms with Gasteiger partial charge in [0.1, 0.15) is 0 Å². The number of unbranched alkanes of at least 4 members (excludes halogenated alkanes) is 4. The fraction of sp³-hybridized carbons (Fsp3) is 0.667. The predicted octanol–water partition coefficient (Wildman–Crippen LogP) is 4.46. The molecule has 0 fully saturated rings. The third kappa shape index (κ3) is 3.99. The van der Waals surface area contributed by atoms with E-state index in [0.717, 1.165) is 31.4 Å². The van der Waals surface area contributed by atoms with Crippen LogP contribution >= 0.6 is 0 Å². The molecule has 1 N–H and O–H groups in total. The number of aliphatic hydroxyl groups excluding tert-OH is 1. The molecule has 0 aromatic heterocycles. The molecule has 0 spiro atoms. The van der Waals surface area contributed by atoms with Crippen LogP contribution in [0.2, 0.25) is 0 Å². The molecule has 1 aliphatic rings. The molecule has 0 bridgehead atoms. The van der Waals surface area contributed by atoms with Gasteiger partial charge in [0.15, 0.2) is 0 Å². The number of fused-ring (bicyclic) bond motifs is 1. The SMILES string of the molecule is CCCCCCCC(O)c1ccc2c(c1)CCCN2C. The Kier molecular flexibility index (Phi) is 5.90. The summed E-state index contributed by atoms with van der Waals surface area (Å²) >= 11 is 0. The number of hydrogen-bond donors (Lipinski definition) is 1. The molecule has 1 aromatic carbocycles. The van der Waals surface area contributed by atoms with Gasteiger partial charge in [-0.1, -0.05) is 51.2 Å². The summed E-state index contributed by atoms with van der Waals surface area (Å²) in [7, 11) is 2.15. The summed E-state index contributed by atoms with van der Waals surface area (Å²) in [6, 6.07) is 6.52. The second-order valence-electron chi connectivity index (χ2n) is 6.13. The molecule has 0 radical (unpaired) electrons. The van der Waals surface area contributed by atoms with Crippen LogP contribution in [0.1, 0.15) is 69.1 Å². The Bertz CT molecular complexity index is 416. The molecular weight excluding hydrogens is 246 g/mol. The zero-order valence-corrected chi connectivity index (χ0v) is 13.1. The Balaban J connectivity index is 1.88. The van der Waals surface area contributed by atoms with E-state index in [-0.39, 0.29) is 6.10 Å². The van der Waals surface area contributed by atoms with Gasteiger partial charge in [0.25, 0.3) is 0 Å². The maximum Gasteiger partial charge on any atom is 0.0790 e. The Morgan fingerprint density at radius 2 is 2.00 bits per heavy atom. The lowest BCUT2D eigenvalue weighted by Crippen LogP contribution is -2.24. The lowest BCUT2D eigenvalue weighted by Gasteiger charge is -2.28. The molecule has 0 aliphatic carbocycles. The van der Waals surface area contributed by atoms with Crippen molar-refractivity contribution in [3.8, 4) is 0 Å². The molecule has 1 aromatic rings. The molecule has 1 atom stereocenters. The predicted molar refractivity (Wildman–Crippen MR) is 86.4 cm³/mol. The van der Waals surface area contributed by atoms with Crippen molar-refractivity contribution in [1.82, 2.24) is 0 Å². The number of nitrogens with zero attached hydrogens (tertiary/aromatic N) is 1. The molecule has 2 heteroatoms. The minimum atomic E-state index is -0.283. The summed E-state index contributed by atoms with van der Waals surface area (Å²) in [6.07, 6.45) is 9.28. The van der Waals surface area contributed by atoms with Gasteiger partial charge in [0, 0.05) is 19.3 Å². The van der Waals surface area contributed by atoms with Gasteiger partial charge in [-0.2, -0.15) is 0 Å². The highest BCUT2D eigenvalue weighted by atomic mass is 16.3. The Labute approximate surface area is 123 Å². The number of aliphatic hydroxyl groups is 1. The van der Waals surface area contributed by atoms with Crippen LogP contribution in [0.4, 0.5) is 5.69 Å². The van der Waals surface area contributed by atoms with Crippen molar-refractivity contribution in [2.75, 3.05) is 18.5 Å². The fourth-order valence-corrected chi connectivity index (χ4v) is 3.12. The van der Waals surface area contributed by atoms with E-state index in [0.29, 0.717) is 0 Å². The van der Waals surface area contributed by atoms with Gasteiger partial charge in [-0.3, -0.25) is 0 Å². The number of aryl methyl sites for hydroxylation is 1. The van der Waals surface area contributed by atoms with E-state index < -0.39 is 0 Å². The first-order valence-corrected chi connectivity index (χ1v) is 8.24. The topological polar surface area (TPSA) is 23.5 Å². The van der Waals surface area contributed by atoms with Gasteiger partial charge in [-0.05, 0) is 36.5 Å². The van der Waals surface area contributed by atoms with E-state index in [9.17, 15) is 5.11 Å². The molecule has 2 nitrogen and oxygen atoms in total. The zero-order chi connectivity index (χ0) is 14.4. The van der Waals surface area contributed by atoms with Gasteiger partial charge in [-0.15, -0.1) is 0 Å². The summed E-state index contributed by atoms with van der Waals surface area (Å²) in [6.45, 7) is 3.38. The van der Waals surface area contributed by atoms with Gasteiger partial charge in [0.05, 0.1) is 6.10 Å². The number of rotatable bonds is 7. The average Bonchev–Trinajstić information content (AvgIpc) is 2.47. The minimum absolute atomic E-state index is 0.283. The van der Waals surface area contributed by atoms with E-state index in [1.165, 1.54) is 43.4 Å². The van der Waals surface area contributed by atoms with Crippen LogP contribution in [0.3, 0.4) is 0 Å². The Morgan fingerprint density at radius 1 is 1.20 bits per heavy atom. The lowest BCUT2D eigenvalue weighted by atomic mass is 9.95. The molecule has 0 amide bonds.